The monoisotopic (exact) mass is 1220 g/mol. The number of carbonyl (C=O) groups is 2. The van der Waals surface area contributed by atoms with E-state index in [0.717, 1.165) is 91.5 Å². The maximum absolute atomic E-state index is 15.3. The first-order chi connectivity index (χ1) is 41.7. The molecule has 0 unspecified atom stereocenters. The van der Waals surface area contributed by atoms with Crippen molar-refractivity contribution < 1.29 is 40.3 Å². The van der Waals surface area contributed by atoms with Crippen molar-refractivity contribution in [3.05, 3.63) is 209 Å². The standard InChI is InChI=1S/C32H22ClF4N5O2.C32H23ClF3N5O2/c33-19-4-6-26(41-14-28(39-40-41)32(35,36)37)21(11-19)18-9-27-23-12-24(23)30(42(27)29(44)10-18)25-13-22(31(34)38-25)17-2-1-16-8-20(43)5-3-15(16)7-17;33-21-4-6-27(40-15-29(38-39-40)32(34,35)36)23(12-21)19-10-28-24-13-25(24)31(41(28)30(43)11-19)26-9-20(14-37-26)17-1-2-18-8-22(42)5-3-16(18)7-17/h1-2,4,6-7,9-11,14,23-24,30H,3,5,8,12-13H2;1-2,4,6-7,10-12,14-15,24-25,31H,3,5,8-9,13H2/t23-,24+,30+;24-,25+,31+/m11/s1. The van der Waals surface area contributed by atoms with Gasteiger partial charge in [-0.1, -0.05) is 70.0 Å². The molecule has 4 aromatic carbocycles. The first kappa shape index (κ1) is 54.9. The minimum Gasteiger partial charge on any atom is -0.303 e. The zero-order valence-corrected chi connectivity index (χ0v) is 47.0. The Bertz CT molecular complexity index is 4610. The Morgan fingerprint density at radius 2 is 1.00 bits per heavy atom. The summed E-state index contributed by atoms with van der Waals surface area (Å²) in [5.41, 5.74) is 10.8. The second-order valence-electron chi connectivity index (χ2n) is 23.5. The van der Waals surface area contributed by atoms with Gasteiger partial charge in [0.25, 0.3) is 11.1 Å². The summed E-state index contributed by atoms with van der Waals surface area (Å²) >= 11 is 12.6. The number of ketones is 2. The molecular formula is C64H45Cl2F7N10O4. The lowest BCUT2D eigenvalue weighted by atomic mass is 9.87. The number of allylic oxidation sites excluding steroid dienone is 2. The van der Waals surface area contributed by atoms with Crippen molar-refractivity contribution in [1.29, 1.82) is 0 Å². The molecule has 0 bridgehead atoms. The predicted octanol–water partition coefficient (Wildman–Crippen LogP) is 13.0. The molecule has 8 aliphatic rings. The summed E-state index contributed by atoms with van der Waals surface area (Å²) in [5.74, 6) is 0.575. The number of aryl methyl sites for hydroxylation is 2. The normalized spacial score (nSPS) is 22.1. The summed E-state index contributed by atoms with van der Waals surface area (Å²) in [5, 5.41) is 14.6. The number of hydrogen-bond acceptors (Lipinski definition) is 10. The number of alkyl halides is 6. The van der Waals surface area contributed by atoms with Gasteiger partial charge in [-0.2, -0.15) is 30.7 Å². The Morgan fingerprint density at radius 3 is 1.51 bits per heavy atom. The number of Topliss-reactive ketones (excluding diaryl/α,β-unsaturated/α-hetero) is 2. The fourth-order valence-corrected chi connectivity index (χ4v) is 14.2. The van der Waals surface area contributed by atoms with Crippen LogP contribution in [0, 0.1) is 11.8 Å². The van der Waals surface area contributed by atoms with Gasteiger partial charge in [-0.05, 0) is 136 Å². The first-order valence-corrected chi connectivity index (χ1v) is 29.1. The Kier molecular flexibility index (Phi) is 12.7. The summed E-state index contributed by atoms with van der Waals surface area (Å²) in [6.45, 7) is 0. The van der Waals surface area contributed by atoms with Crippen LogP contribution in [0.1, 0.15) is 119 Å². The lowest BCUT2D eigenvalue weighted by Crippen LogP contribution is -2.29. The number of aromatic nitrogens is 8. The maximum Gasteiger partial charge on any atom is 0.436 e. The molecule has 14 nitrogen and oxygen atoms in total. The van der Waals surface area contributed by atoms with Gasteiger partial charge in [0.1, 0.15) is 11.6 Å². The highest BCUT2D eigenvalue weighted by molar-refractivity contribution is 6.31. The van der Waals surface area contributed by atoms with Crippen LogP contribution < -0.4 is 11.1 Å². The highest BCUT2D eigenvalue weighted by Crippen LogP contribution is 2.62. The molecule has 0 radical (unpaired) electrons. The topological polar surface area (TPSA) is 164 Å². The van der Waals surface area contributed by atoms with Gasteiger partial charge in [0.05, 0.1) is 35.9 Å². The van der Waals surface area contributed by atoms with Gasteiger partial charge < -0.3 is 9.13 Å². The number of nitrogens with zero attached hydrogens (tertiary/aromatic N) is 10. The van der Waals surface area contributed by atoms with Crippen LogP contribution >= 0.6 is 23.2 Å². The molecule has 0 amide bonds. The molecule has 4 aliphatic heterocycles. The Hall–Kier alpha value is -8.69. The van der Waals surface area contributed by atoms with Crippen LogP contribution in [0.25, 0.3) is 44.8 Å². The molecule has 0 spiro atoms. The van der Waals surface area contributed by atoms with Gasteiger partial charge in [-0.25, -0.2) is 14.4 Å². The van der Waals surface area contributed by atoms with Crippen LogP contribution in [0.3, 0.4) is 0 Å². The molecule has 0 N–H and O–H groups in total. The summed E-state index contributed by atoms with van der Waals surface area (Å²) < 4.78 is 100. The van der Waals surface area contributed by atoms with Crippen molar-refractivity contribution in [3.8, 4) is 33.6 Å². The minimum absolute atomic E-state index is 0.0783. The molecule has 8 aromatic rings. The van der Waals surface area contributed by atoms with Crippen LogP contribution in [0.5, 0.6) is 0 Å². The minimum atomic E-state index is -4.66. The fourth-order valence-electron chi connectivity index (χ4n) is 13.8. The Labute approximate surface area is 499 Å². The molecule has 438 valence electrons. The summed E-state index contributed by atoms with van der Waals surface area (Å²) in [4.78, 5) is 60.2. The number of rotatable bonds is 8. The second-order valence-corrected chi connectivity index (χ2v) is 24.3. The predicted molar refractivity (Wildman–Crippen MR) is 309 cm³/mol. The van der Waals surface area contributed by atoms with Crippen molar-refractivity contribution in [2.75, 3.05) is 0 Å². The van der Waals surface area contributed by atoms with Crippen molar-refractivity contribution in [1.82, 2.24) is 39.1 Å². The van der Waals surface area contributed by atoms with Gasteiger partial charge >= 0.3 is 12.4 Å². The largest absolute Gasteiger partial charge is 0.436 e. The molecule has 0 saturated heterocycles. The Balaban J connectivity index is 0.000000147. The number of halogens is 9. The number of carbonyl (C=O) groups excluding carboxylic acids is 2. The van der Waals surface area contributed by atoms with Gasteiger partial charge in [-0.15, -0.1) is 10.2 Å². The van der Waals surface area contributed by atoms with Crippen LogP contribution in [0.2, 0.25) is 10.0 Å². The van der Waals surface area contributed by atoms with Gasteiger partial charge in [0, 0.05) is 118 Å². The summed E-state index contributed by atoms with van der Waals surface area (Å²) in [6.07, 6.45) is 0.237. The van der Waals surface area contributed by atoms with E-state index in [0.29, 0.717) is 87.8 Å². The molecule has 16 rings (SSSR count). The molecule has 2 fully saturated rings. The third kappa shape index (κ3) is 9.73. The number of pyridine rings is 2. The fraction of sp³-hybridized carbons (Fsp3) is 0.281. The van der Waals surface area contributed by atoms with Crippen molar-refractivity contribution in [2.45, 2.75) is 100 Å². The molecule has 87 heavy (non-hydrogen) atoms. The zero-order chi connectivity index (χ0) is 60.1. The van der Waals surface area contributed by atoms with E-state index >= 15 is 4.39 Å². The number of hydrogen-bond donors (Lipinski definition) is 0. The van der Waals surface area contributed by atoms with E-state index in [1.165, 1.54) is 29.8 Å². The van der Waals surface area contributed by atoms with E-state index in [1.807, 2.05) is 47.2 Å². The van der Waals surface area contributed by atoms with Crippen molar-refractivity contribution in [2.24, 2.45) is 21.8 Å². The molecule has 23 heteroatoms. The van der Waals surface area contributed by atoms with E-state index < -0.39 is 35.7 Å². The van der Waals surface area contributed by atoms with Crippen LogP contribution in [0.15, 0.2) is 141 Å². The highest BCUT2D eigenvalue weighted by atomic mass is 35.5. The average Bonchev–Trinajstić information content (AvgIpc) is 1.56. The van der Waals surface area contributed by atoms with Gasteiger partial charge in [0.2, 0.25) is 5.95 Å². The molecule has 4 aromatic heterocycles. The lowest BCUT2D eigenvalue weighted by molar-refractivity contribution is -0.142. The second kappa shape index (κ2) is 20.2. The zero-order valence-electron chi connectivity index (χ0n) is 45.5. The molecule has 6 atom stereocenters. The van der Waals surface area contributed by atoms with Gasteiger partial charge in [0.15, 0.2) is 11.4 Å². The summed E-state index contributed by atoms with van der Waals surface area (Å²) in [7, 11) is 0. The quantitative estimate of drug-likeness (QED) is 0.107. The Morgan fingerprint density at radius 1 is 0.506 bits per heavy atom. The molecule has 4 aliphatic carbocycles. The van der Waals surface area contributed by atoms with E-state index in [1.54, 1.807) is 28.8 Å². The molecular weight excluding hydrogens is 1180 g/mol. The van der Waals surface area contributed by atoms with Crippen LogP contribution in [-0.2, 0) is 47.6 Å². The van der Waals surface area contributed by atoms with Crippen LogP contribution in [-0.4, -0.2) is 62.1 Å². The first-order valence-electron chi connectivity index (χ1n) is 28.3. The highest BCUT2D eigenvalue weighted by Gasteiger charge is 2.56. The number of aliphatic imine (C=N–C) groups is 2. The number of benzene rings is 4. The lowest BCUT2D eigenvalue weighted by Gasteiger charge is -2.20. The molecule has 2 saturated carbocycles. The average molecular weight is 1220 g/mol. The number of fused-ring (bicyclic) bond motifs is 8. The third-order valence-corrected chi connectivity index (χ3v) is 18.6. The van der Waals surface area contributed by atoms with Crippen molar-refractivity contribution in [3.63, 3.8) is 0 Å². The van der Waals surface area contributed by atoms with Crippen molar-refractivity contribution >= 4 is 57.3 Å². The van der Waals surface area contributed by atoms with E-state index in [9.17, 15) is 45.5 Å². The molecule has 8 heterocycles. The van der Waals surface area contributed by atoms with Gasteiger partial charge in [-0.3, -0.25) is 24.2 Å². The maximum atomic E-state index is 15.3. The van der Waals surface area contributed by atoms with E-state index in [2.05, 4.69) is 37.7 Å². The SMILES string of the molecule is O=C1CCc2cc(C3=C(F)N=C([C@@H]4[C@H]5C[C@H]5c5cc(-c6cc(Cl)ccc6-n6cc(C(F)(F)F)nn6)cc(=O)n54)C3)ccc2C1.O=C1CCc2cc(C3=CN=C([C@@H]4[C@H]5C[C@H]5c5cc(-c6cc(Cl)ccc6-n6cc(C(F)(F)F)nn6)cc(=O)n54)C3)ccc2C1. The third-order valence-electron chi connectivity index (χ3n) is 18.1. The van der Waals surface area contributed by atoms with Crippen LogP contribution in [0.4, 0.5) is 30.7 Å². The van der Waals surface area contributed by atoms with E-state index in [4.69, 9.17) is 28.2 Å². The smallest absolute Gasteiger partial charge is 0.303 e. The summed E-state index contributed by atoms with van der Waals surface area (Å²) in [6, 6.07) is 27.5. The van der Waals surface area contributed by atoms with E-state index in [-0.39, 0.29) is 64.5 Å².